The van der Waals surface area contributed by atoms with Gasteiger partial charge in [0.15, 0.2) is 5.75 Å². The first-order chi connectivity index (χ1) is 14.9. The van der Waals surface area contributed by atoms with Crippen LogP contribution in [0.4, 0.5) is 4.79 Å². The number of ether oxygens (including phenoxy) is 2. The summed E-state index contributed by atoms with van der Waals surface area (Å²) in [5.41, 5.74) is 1.62. The standard InChI is InChI=1S/C22H22Cl2N2O5/c23-16-4-2-1-3-14(16)18-12-15(20(25-18)21(27)28)13-5-6-19(17(24)11-13)31-22(29)26-7-9-30-10-8-26/h1-6,11,15,18,20,25H,7-10,12H2,(H,27,28)/t15-,18?,20?/m1/s1. The first kappa shape index (κ1) is 21.9. The zero-order chi connectivity index (χ0) is 22.0. The number of nitrogens with zero attached hydrogens (tertiary/aromatic N) is 1. The smallest absolute Gasteiger partial charge is 0.415 e. The van der Waals surface area contributed by atoms with Gasteiger partial charge in [0.05, 0.1) is 18.2 Å². The summed E-state index contributed by atoms with van der Waals surface area (Å²) >= 11 is 12.7. The molecule has 2 N–H and O–H groups in total. The van der Waals surface area contributed by atoms with Gasteiger partial charge in [0, 0.05) is 30.1 Å². The summed E-state index contributed by atoms with van der Waals surface area (Å²) in [5, 5.41) is 13.8. The van der Waals surface area contributed by atoms with E-state index in [1.807, 2.05) is 18.2 Å². The fraction of sp³-hybridized carbons (Fsp3) is 0.364. The Kier molecular flexibility index (Phi) is 6.67. The molecule has 3 atom stereocenters. The lowest BCUT2D eigenvalue weighted by Gasteiger charge is -2.26. The molecule has 2 saturated heterocycles. The van der Waals surface area contributed by atoms with Crippen molar-refractivity contribution in [2.45, 2.75) is 24.4 Å². The molecule has 2 aromatic rings. The topological polar surface area (TPSA) is 88.1 Å². The molecule has 2 fully saturated rings. The highest BCUT2D eigenvalue weighted by molar-refractivity contribution is 6.32. The molecule has 0 radical (unpaired) electrons. The molecule has 0 bridgehead atoms. The number of carboxylic acid groups (broad SMARTS) is 1. The zero-order valence-corrected chi connectivity index (χ0v) is 18.1. The highest BCUT2D eigenvalue weighted by atomic mass is 35.5. The van der Waals surface area contributed by atoms with Crippen molar-refractivity contribution in [3.63, 3.8) is 0 Å². The summed E-state index contributed by atoms with van der Waals surface area (Å²) < 4.78 is 10.7. The van der Waals surface area contributed by atoms with Gasteiger partial charge in [0.1, 0.15) is 6.04 Å². The number of hydrogen-bond donors (Lipinski definition) is 2. The summed E-state index contributed by atoms with van der Waals surface area (Å²) in [6.45, 7) is 1.87. The van der Waals surface area contributed by atoms with Crippen molar-refractivity contribution in [1.82, 2.24) is 10.2 Å². The number of nitrogens with one attached hydrogen (secondary N) is 1. The van der Waals surface area contributed by atoms with Crippen LogP contribution in [0.15, 0.2) is 42.5 Å². The van der Waals surface area contributed by atoms with Crippen molar-refractivity contribution < 1.29 is 24.2 Å². The maximum atomic E-state index is 12.3. The van der Waals surface area contributed by atoms with Crippen molar-refractivity contribution >= 4 is 35.3 Å². The van der Waals surface area contributed by atoms with E-state index in [1.165, 1.54) is 0 Å². The minimum Gasteiger partial charge on any atom is -0.480 e. The van der Waals surface area contributed by atoms with Gasteiger partial charge in [-0.3, -0.25) is 10.1 Å². The van der Waals surface area contributed by atoms with Crippen LogP contribution in [0, 0.1) is 0 Å². The van der Waals surface area contributed by atoms with Crippen LogP contribution in [-0.2, 0) is 9.53 Å². The minimum atomic E-state index is -0.946. The Bertz CT molecular complexity index is 980. The Morgan fingerprint density at radius 1 is 1.10 bits per heavy atom. The number of hydrogen-bond acceptors (Lipinski definition) is 5. The van der Waals surface area contributed by atoms with E-state index in [9.17, 15) is 14.7 Å². The average molecular weight is 465 g/mol. The van der Waals surface area contributed by atoms with Gasteiger partial charge in [-0.05, 0) is 35.7 Å². The van der Waals surface area contributed by atoms with Crippen LogP contribution in [0.2, 0.25) is 10.0 Å². The molecule has 0 aliphatic carbocycles. The molecule has 2 aromatic carbocycles. The molecule has 2 heterocycles. The van der Waals surface area contributed by atoms with Gasteiger partial charge in [-0.2, -0.15) is 0 Å². The van der Waals surface area contributed by atoms with Gasteiger partial charge in [-0.25, -0.2) is 4.79 Å². The minimum absolute atomic E-state index is 0.197. The molecule has 0 spiro atoms. The molecule has 2 aliphatic heterocycles. The number of amides is 1. The summed E-state index contributed by atoms with van der Waals surface area (Å²) in [6.07, 6.45) is 0.0619. The van der Waals surface area contributed by atoms with Crippen LogP contribution in [-0.4, -0.2) is 54.4 Å². The number of carbonyl (C=O) groups excluding carboxylic acids is 1. The third-order valence-electron chi connectivity index (χ3n) is 5.67. The third kappa shape index (κ3) is 4.80. The van der Waals surface area contributed by atoms with E-state index >= 15 is 0 Å². The van der Waals surface area contributed by atoms with Crippen molar-refractivity contribution in [2.75, 3.05) is 26.3 Å². The van der Waals surface area contributed by atoms with Crippen LogP contribution in [0.5, 0.6) is 5.75 Å². The van der Waals surface area contributed by atoms with Crippen molar-refractivity contribution in [3.05, 3.63) is 63.6 Å². The van der Waals surface area contributed by atoms with Crippen LogP contribution >= 0.6 is 23.2 Å². The molecule has 4 rings (SSSR count). The van der Waals surface area contributed by atoms with Gasteiger partial charge in [-0.15, -0.1) is 0 Å². The number of benzene rings is 2. The lowest BCUT2D eigenvalue weighted by Crippen LogP contribution is -2.42. The molecule has 0 aromatic heterocycles. The quantitative estimate of drug-likeness (QED) is 0.707. The number of rotatable bonds is 4. The highest BCUT2D eigenvalue weighted by Gasteiger charge is 2.40. The van der Waals surface area contributed by atoms with E-state index in [4.69, 9.17) is 32.7 Å². The van der Waals surface area contributed by atoms with Gasteiger partial charge in [0.25, 0.3) is 0 Å². The van der Waals surface area contributed by atoms with Crippen molar-refractivity contribution in [1.29, 1.82) is 0 Å². The van der Waals surface area contributed by atoms with Crippen molar-refractivity contribution in [3.8, 4) is 5.75 Å². The predicted octanol–water partition coefficient (Wildman–Crippen LogP) is 4.10. The number of halogens is 2. The lowest BCUT2D eigenvalue weighted by atomic mass is 9.89. The second-order valence-electron chi connectivity index (χ2n) is 7.56. The SMILES string of the molecule is O=C(O)C1NC(c2ccccc2Cl)C[C@@H]1c1ccc(OC(=O)N2CCOCC2)c(Cl)c1. The predicted molar refractivity (Wildman–Crippen MR) is 116 cm³/mol. The van der Waals surface area contributed by atoms with E-state index in [0.717, 1.165) is 11.1 Å². The molecule has 9 heteroatoms. The highest BCUT2D eigenvalue weighted by Crippen LogP contribution is 2.41. The lowest BCUT2D eigenvalue weighted by molar-refractivity contribution is -0.139. The van der Waals surface area contributed by atoms with E-state index < -0.39 is 18.1 Å². The van der Waals surface area contributed by atoms with E-state index in [2.05, 4.69) is 5.32 Å². The molecule has 1 amide bonds. The first-order valence-corrected chi connectivity index (χ1v) is 10.8. The molecule has 31 heavy (non-hydrogen) atoms. The number of carbonyl (C=O) groups is 2. The third-order valence-corrected chi connectivity index (χ3v) is 6.31. The molecular weight excluding hydrogens is 443 g/mol. The van der Waals surface area contributed by atoms with Crippen LogP contribution in [0.25, 0.3) is 0 Å². The summed E-state index contributed by atoms with van der Waals surface area (Å²) in [6, 6.07) is 11.4. The van der Waals surface area contributed by atoms with E-state index in [0.29, 0.717) is 37.7 Å². The first-order valence-electron chi connectivity index (χ1n) is 10.0. The summed E-state index contributed by atoms with van der Waals surface area (Å²) in [4.78, 5) is 25.8. The van der Waals surface area contributed by atoms with Gasteiger partial charge in [0.2, 0.25) is 0 Å². The Morgan fingerprint density at radius 2 is 1.84 bits per heavy atom. The van der Waals surface area contributed by atoms with E-state index in [-0.39, 0.29) is 22.7 Å². The Balaban J connectivity index is 1.52. The zero-order valence-electron chi connectivity index (χ0n) is 16.6. The number of aliphatic carboxylic acids is 1. The summed E-state index contributed by atoms with van der Waals surface area (Å²) in [5.74, 6) is -1.03. The molecule has 2 unspecified atom stereocenters. The maximum Gasteiger partial charge on any atom is 0.415 e. The van der Waals surface area contributed by atoms with Crippen LogP contribution < -0.4 is 10.1 Å². The largest absolute Gasteiger partial charge is 0.480 e. The van der Waals surface area contributed by atoms with Gasteiger partial charge >= 0.3 is 12.1 Å². The van der Waals surface area contributed by atoms with Crippen LogP contribution in [0.1, 0.15) is 29.5 Å². The Morgan fingerprint density at radius 3 is 2.52 bits per heavy atom. The molecule has 164 valence electrons. The number of morpholine rings is 1. The second kappa shape index (κ2) is 9.44. The fourth-order valence-corrected chi connectivity index (χ4v) is 4.57. The van der Waals surface area contributed by atoms with Gasteiger partial charge < -0.3 is 19.5 Å². The van der Waals surface area contributed by atoms with Gasteiger partial charge in [-0.1, -0.05) is 47.5 Å². The fourth-order valence-electron chi connectivity index (χ4n) is 4.07. The average Bonchev–Trinajstić information content (AvgIpc) is 3.21. The van der Waals surface area contributed by atoms with Crippen molar-refractivity contribution in [2.24, 2.45) is 0 Å². The second-order valence-corrected chi connectivity index (χ2v) is 8.37. The molecular formula is C22H22Cl2N2O5. The number of carboxylic acids is 1. The molecule has 2 aliphatic rings. The van der Waals surface area contributed by atoms with E-state index in [1.54, 1.807) is 29.2 Å². The molecule has 0 saturated carbocycles. The monoisotopic (exact) mass is 464 g/mol. The Labute approximate surface area is 189 Å². The van der Waals surface area contributed by atoms with Crippen LogP contribution in [0.3, 0.4) is 0 Å². The summed E-state index contributed by atoms with van der Waals surface area (Å²) in [7, 11) is 0. The maximum absolute atomic E-state index is 12.3. The Hall–Kier alpha value is -2.32. The molecule has 7 nitrogen and oxygen atoms in total. The normalized spacial score (nSPS) is 23.5.